The molecule has 0 bridgehead atoms. The van der Waals surface area contributed by atoms with Crippen molar-refractivity contribution in [3.63, 3.8) is 0 Å². The van der Waals surface area contributed by atoms with Gasteiger partial charge in [0.05, 0.1) is 19.8 Å². The molecular formula is C52H96O15. The van der Waals surface area contributed by atoms with Gasteiger partial charge >= 0.3 is 11.9 Å². The van der Waals surface area contributed by atoms with Gasteiger partial charge in [-0.1, -0.05) is 174 Å². The monoisotopic (exact) mass is 961 g/mol. The molecule has 2 aliphatic rings. The second kappa shape index (κ2) is 39.9. The van der Waals surface area contributed by atoms with Gasteiger partial charge in [0, 0.05) is 12.8 Å². The van der Waals surface area contributed by atoms with E-state index in [9.17, 15) is 45.3 Å². The Morgan fingerprint density at radius 2 is 0.851 bits per heavy atom. The molecule has 0 spiro atoms. The van der Waals surface area contributed by atoms with Gasteiger partial charge in [0.15, 0.2) is 18.7 Å². The highest BCUT2D eigenvalue weighted by atomic mass is 16.7. The van der Waals surface area contributed by atoms with E-state index in [1.54, 1.807) is 0 Å². The summed E-state index contributed by atoms with van der Waals surface area (Å²) in [7, 11) is 0. The van der Waals surface area contributed by atoms with Crippen molar-refractivity contribution in [3.05, 3.63) is 12.2 Å². The predicted octanol–water partition coefficient (Wildman–Crippen LogP) is 7.77. The Bertz CT molecular complexity index is 1220. The van der Waals surface area contributed by atoms with E-state index in [0.717, 1.165) is 57.8 Å². The number of ether oxygens (including phenoxy) is 6. The Hall–Kier alpha value is -1.76. The van der Waals surface area contributed by atoms with Crippen molar-refractivity contribution in [2.75, 3.05) is 26.4 Å². The van der Waals surface area contributed by atoms with Crippen LogP contribution in [0.3, 0.4) is 0 Å². The van der Waals surface area contributed by atoms with Gasteiger partial charge in [-0.2, -0.15) is 0 Å². The standard InChI is InChI=1S/C52H96O15/c1-3-5-7-9-11-13-15-17-19-20-21-23-24-26-28-30-32-34-43(54)62-37-40(65-44(55)35-33-31-29-27-25-22-18-16-14-12-10-8-6-4-2)38-63-51-50(61)48(59)46(57)42(67-51)39-64-52-49(60)47(58)45(56)41(36-53)66-52/h16,18,40-42,45-53,56-61H,3-15,17,19-39H2,1-2H3/b18-16+/t40-,41+,42+,45-,46-,47?,48?,49?,50?,51+,52+/m0/s1. The summed E-state index contributed by atoms with van der Waals surface area (Å²) < 4.78 is 33.6. The van der Waals surface area contributed by atoms with E-state index in [1.807, 2.05) is 0 Å². The first-order valence-electron chi connectivity index (χ1n) is 26.8. The number of carbonyl (C=O) groups excluding carboxylic acids is 2. The van der Waals surface area contributed by atoms with Crippen LogP contribution in [0.1, 0.15) is 213 Å². The quantitative estimate of drug-likeness (QED) is 0.0176. The van der Waals surface area contributed by atoms with E-state index in [-0.39, 0.29) is 26.1 Å². The van der Waals surface area contributed by atoms with Crippen LogP contribution < -0.4 is 0 Å². The average Bonchev–Trinajstić information content (AvgIpc) is 3.32. The molecule has 0 amide bonds. The Balaban J connectivity index is 1.79. The molecule has 0 aromatic rings. The Labute approximate surface area is 403 Å². The molecule has 11 atom stereocenters. The van der Waals surface area contributed by atoms with Crippen LogP contribution >= 0.6 is 0 Å². The third kappa shape index (κ3) is 28.0. The number of esters is 2. The lowest BCUT2D eigenvalue weighted by Crippen LogP contribution is -2.61. The molecule has 0 aromatic carbocycles. The van der Waals surface area contributed by atoms with E-state index >= 15 is 0 Å². The highest BCUT2D eigenvalue weighted by molar-refractivity contribution is 5.70. The number of unbranched alkanes of at least 4 members (excludes halogenated alkanes) is 26. The van der Waals surface area contributed by atoms with Crippen LogP contribution in [0.5, 0.6) is 0 Å². The lowest BCUT2D eigenvalue weighted by Gasteiger charge is -2.42. The minimum Gasteiger partial charge on any atom is -0.462 e. The number of allylic oxidation sites excluding steroid dienone is 2. The molecule has 4 unspecified atom stereocenters. The SMILES string of the molecule is CCCCCCC/C=C/CCCCCCCC(=O)O[C@@H](COC(=O)CCCCCCCCCCCCCCCCCCC)CO[C@@H]1O[C@H](CO[C@@H]2O[C@H](CO)[C@H](O)C(O)C2O)[C@H](O)C(O)C1O. The number of hydrogen-bond acceptors (Lipinski definition) is 15. The van der Waals surface area contributed by atoms with Crippen LogP contribution in [0, 0.1) is 0 Å². The Morgan fingerprint density at radius 1 is 0.463 bits per heavy atom. The van der Waals surface area contributed by atoms with Crippen LogP contribution in [0.2, 0.25) is 0 Å². The molecule has 2 fully saturated rings. The van der Waals surface area contributed by atoms with Crippen molar-refractivity contribution in [3.8, 4) is 0 Å². The average molecular weight is 961 g/mol. The van der Waals surface area contributed by atoms with Crippen molar-refractivity contribution >= 4 is 11.9 Å². The zero-order valence-electron chi connectivity index (χ0n) is 41.7. The maximum absolute atomic E-state index is 13.0. The first-order chi connectivity index (χ1) is 32.5. The summed E-state index contributed by atoms with van der Waals surface area (Å²) in [5.41, 5.74) is 0. The maximum atomic E-state index is 13.0. The third-order valence-electron chi connectivity index (χ3n) is 13.0. The number of hydrogen-bond donors (Lipinski definition) is 7. The molecule has 394 valence electrons. The van der Waals surface area contributed by atoms with Crippen LogP contribution in [-0.2, 0) is 38.0 Å². The number of aliphatic hydroxyl groups is 7. The molecular weight excluding hydrogens is 865 g/mol. The molecule has 7 N–H and O–H groups in total. The second-order valence-corrected chi connectivity index (χ2v) is 19.1. The molecule has 15 nitrogen and oxygen atoms in total. The summed E-state index contributed by atoms with van der Waals surface area (Å²) in [6.45, 7) is 2.60. The maximum Gasteiger partial charge on any atom is 0.306 e. The summed E-state index contributed by atoms with van der Waals surface area (Å²) in [6.07, 6.45) is 22.4. The zero-order chi connectivity index (χ0) is 48.9. The largest absolute Gasteiger partial charge is 0.462 e. The highest BCUT2D eigenvalue weighted by Gasteiger charge is 2.47. The van der Waals surface area contributed by atoms with Gasteiger partial charge in [0.2, 0.25) is 0 Å². The van der Waals surface area contributed by atoms with Crippen molar-refractivity contribution < 1.29 is 73.8 Å². The summed E-state index contributed by atoms with van der Waals surface area (Å²) in [6, 6.07) is 0. The van der Waals surface area contributed by atoms with E-state index < -0.39 is 92.7 Å². The summed E-state index contributed by atoms with van der Waals surface area (Å²) in [4.78, 5) is 25.8. The zero-order valence-corrected chi connectivity index (χ0v) is 41.7. The Kier molecular flexibility index (Phi) is 36.5. The summed E-state index contributed by atoms with van der Waals surface area (Å²) >= 11 is 0. The van der Waals surface area contributed by atoms with Crippen molar-refractivity contribution in [2.45, 2.75) is 280 Å². The fourth-order valence-electron chi connectivity index (χ4n) is 8.57. The summed E-state index contributed by atoms with van der Waals surface area (Å²) in [5.74, 6) is -0.923. The normalized spacial score (nSPS) is 26.0. The topological polar surface area (TPSA) is 231 Å². The van der Waals surface area contributed by atoms with Crippen LogP contribution in [0.15, 0.2) is 12.2 Å². The van der Waals surface area contributed by atoms with E-state index in [1.165, 1.54) is 116 Å². The second-order valence-electron chi connectivity index (χ2n) is 19.1. The molecule has 2 rings (SSSR count). The van der Waals surface area contributed by atoms with Gasteiger partial charge in [0.25, 0.3) is 0 Å². The molecule has 2 saturated heterocycles. The Morgan fingerprint density at radius 3 is 1.31 bits per heavy atom. The fourth-order valence-corrected chi connectivity index (χ4v) is 8.57. The molecule has 2 aliphatic heterocycles. The fraction of sp³-hybridized carbons (Fsp3) is 0.923. The van der Waals surface area contributed by atoms with Gasteiger partial charge in [-0.15, -0.1) is 0 Å². The van der Waals surface area contributed by atoms with Gasteiger partial charge in [0.1, 0.15) is 55.4 Å². The minimum absolute atomic E-state index is 0.159. The van der Waals surface area contributed by atoms with Crippen LogP contribution in [0.25, 0.3) is 0 Å². The van der Waals surface area contributed by atoms with Crippen molar-refractivity contribution in [1.29, 1.82) is 0 Å². The van der Waals surface area contributed by atoms with Gasteiger partial charge in [-0.05, 0) is 38.5 Å². The molecule has 0 aliphatic carbocycles. The molecule has 15 heteroatoms. The molecule has 2 heterocycles. The van der Waals surface area contributed by atoms with Crippen molar-refractivity contribution in [2.24, 2.45) is 0 Å². The van der Waals surface area contributed by atoms with Gasteiger partial charge < -0.3 is 64.2 Å². The van der Waals surface area contributed by atoms with Crippen LogP contribution in [-0.4, -0.2) is 142 Å². The smallest absolute Gasteiger partial charge is 0.306 e. The van der Waals surface area contributed by atoms with Gasteiger partial charge in [-0.25, -0.2) is 0 Å². The number of rotatable bonds is 42. The molecule has 0 aromatic heterocycles. The van der Waals surface area contributed by atoms with Gasteiger partial charge in [-0.3, -0.25) is 9.59 Å². The lowest BCUT2D eigenvalue weighted by molar-refractivity contribution is -0.332. The first kappa shape index (κ1) is 61.4. The van der Waals surface area contributed by atoms with E-state index in [4.69, 9.17) is 28.4 Å². The number of carbonyl (C=O) groups is 2. The first-order valence-corrected chi connectivity index (χ1v) is 26.8. The van der Waals surface area contributed by atoms with E-state index in [2.05, 4.69) is 26.0 Å². The molecule has 0 saturated carbocycles. The molecule has 0 radical (unpaired) electrons. The third-order valence-corrected chi connectivity index (χ3v) is 13.0. The van der Waals surface area contributed by atoms with Crippen molar-refractivity contribution in [1.82, 2.24) is 0 Å². The number of aliphatic hydroxyl groups excluding tert-OH is 7. The predicted molar refractivity (Wildman–Crippen MR) is 257 cm³/mol. The molecule has 67 heavy (non-hydrogen) atoms. The van der Waals surface area contributed by atoms with Crippen LogP contribution in [0.4, 0.5) is 0 Å². The highest BCUT2D eigenvalue weighted by Crippen LogP contribution is 2.27. The lowest BCUT2D eigenvalue weighted by atomic mass is 9.98. The summed E-state index contributed by atoms with van der Waals surface area (Å²) in [5, 5.41) is 72.1. The minimum atomic E-state index is -1.76. The van der Waals surface area contributed by atoms with E-state index in [0.29, 0.717) is 12.8 Å².